The van der Waals surface area contributed by atoms with Crippen molar-refractivity contribution in [2.24, 2.45) is 4.99 Å². The molecule has 0 aliphatic heterocycles. The van der Waals surface area contributed by atoms with E-state index < -0.39 is 0 Å². The summed E-state index contributed by atoms with van der Waals surface area (Å²) >= 11 is 15.2. The Morgan fingerprint density at radius 2 is 1.74 bits per heavy atom. The quantitative estimate of drug-likeness (QED) is 0.190. The lowest BCUT2D eigenvalue weighted by Crippen LogP contribution is -2.24. The molecule has 3 aromatic carbocycles. The first-order valence-electron chi connectivity index (χ1n) is 12.4. The van der Waals surface area contributed by atoms with Gasteiger partial charge in [0.05, 0.1) is 14.5 Å². The summed E-state index contributed by atoms with van der Waals surface area (Å²) in [7, 11) is 0. The first-order valence-corrected chi connectivity index (χ1v) is 15.1. The van der Waals surface area contributed by atoms with Crippen molar-refractivity contribution in [2.45, 2.75) is 38.8 Å². The van der Waals surface area contributed by atoms with E-state index in [0.29, 0.717) is 23.9 Å². The summed E-state index contributed by atoms with van der Waals surface area (Å²) in [5.41, 5.74) is 4.75. The fraction of sp³-hybridized carbons (Fsp3) is 0.200. The zero-order chi connectivity index (χ0) is 26.5. The molecule has 0 radical (unpaired) electrons. The largest absolute Gasteiger partial charge is 0.486 e. The Bertz CT molecular complexity index is 1460. The number of rotatable bonds is 8. The van der Waals surface area contributed by atoms with Gasteiger partial charge in [-0.1, -0.05) is 60.1 Å². The molecular weight excluding hydrogens is 648 g/mol. The standard InChI is InChI=1S/C30H25Br2ClN2O2S/c31-23-14-20(15-24(32)28(23)37-18-21-10-4-6-12-25(21)33)17-35-30-27(22-11-5-7-13-26(22)38-30)29(36)34-16-19-8-2-1-3-9-19/h1-4,6,8-10,12,14-15,17H,5,7,11,13,16,18H2,(H,34,36). The van der Waals surface area contributed by atoms with Crippen molar-refractivity contribution < 1.29 is 9.53 Å². The van der Waals surface area contributed by atoms with Crippen LogP contribution < -0.4 is 10.1 Å². The Morgan fingerprint density at radius 1 is 1.03 bits per heavy atom. The van der Waals surface area contributed by atoms with E-state index in [2.05, 4.69) is 37.2 Å². The highest BCUT2D eigenvalue weighted by atomic mass is 79.9. The molecule has 0 fully saturated rings. The summed E-state index contributed by atoms with van der Waals surface area (Å²) in [6.45, 7) is 0.843. The van der Waals surface area contributed by atoms with E-state index in [-0.39, 0.29) is 5.91 Å². The molecule has 1 aliphatic carbocycles. The zero-order valence-corrected chi connectivity index (χ0v) is 25.2. The van der Waals surface area contributed by atoms with Gasteiger partial charge in [-0.2, -0.15) is 0 Å². The molecule has 1 N–H and O–H groups in total. The van der Waals surface area contributed by atoms with Crippen LogP contribution in [-0.2, 0) is 26.0 Å². The topological polar surface area (TPSA) is 50.7 Å². The van der Waals surface area contributed by atoms with Crippen LogP contribution in [0.4, 0.5) is 5.00 Å². The molecule has 0 unspecified atom stereocenters. The lowest BCUT2D eigenvalue weighted by atomic mass is 9.95. The van der Waals surface area contributed by atoms with Gasteiger partial charge in [-0.05, 0) is 92.4 Å². The van der Waals surface area contributed by atoms with E-state index in [1.807, 2.05) is 66.7 Å². The van der Waals surface area contributed by atoms with Gasteiger partial charge < -0.3 is 10.1 Å². The maximum absolute atomic E-state index is 13.3. The number of ether oxygens (including phenoxy) is 1. The van der Waals surface area contributed by atoms with Gasteiger partial charge in [0.2, 0.25) is 0 Å². The minimum atomic E-state index is -0.0638. The number of thiophene rings is 1. The summed E-state index contributed by atoms with van der Waals surface area (Å²) in [6.07, 6.45) is 5.98. The van der Waals surface area contributed by atoms with E-state index in [1.54, 1.807) is 17.6 Å². The molecule has 1 heterocycles. The van der Waals surface area contributed by atoms with Crippen LogP contribution >= 0.6 is 54.8 Å². The van der Waals surface area contributed by atoms with Crippen molar-refractivity contribution in [1.29, 1.82) is 0 Å². The van der Waals surface area contributed by atoms with Crippen LogP contribution in [0.15, 0.2) is 80.7 Å². The molecule has 4 nitrogen and oxygen atoms in total. The second-order valence-corrected chi connectivity index (χ2v) is 12.2. The number of aliphatic imine (C=N–C) groups is 1. The summed E-state index contributed by atoms with van der Waals surface area (Å²) < 4.78 is 7.64. The van der Waals surface area contributed by atoms with Gasteiger partial charge in [-0.3, -0.25) is 4.79 Å². The van der Waals surface area contributed by atoms with Crippen molar-refractivity contribution in [2.75, 3.05) is 0 Å². The van der Waals surface area contributed by atoms with E-state index in [9.17, 15) is 4.79 Å². The van der Waals surface area contributed by atoms with Crippen molar-refractivity contribution >= 4 is 71.9 Å². The molecule has 38 heavy (non-hydrogen) atoms. The molecule has 4 aromatic rings. The number of nitrogens with one attached hydrogen (secondary N) is 1. The highest BCUT2D eigenvalue weighted by Crippen LogP contribution is 2.40. The van der Waals surface area contributed by atoms with Crippen molar-refractivity contribution in [3.8, 4) is 5.75 Å². The Labute approximate surface area is 248 Å². The molecular formula is C30H25Br2ClN2O2S. The first-order chi connectivity index (χ1) is 18.5. The van der Waals surface area contributed by atoms with E-state index in [0.717, 1.165) is 67.4 Å². The average Bonchev–Trinajstić information content (AvgIpc) is 3.30. The minimum Gasteiger partial charge on any atom is -0.486 e. The summed E-state index contributed by atoms with van der Waals surface area (Å²) in [5, 5.41) is 4.53. The van der Waals surface area contributed by atoms with Gasteiger partial charge in [0.25, 0.3) is 5.91 Å². The maximum atomic E-state index is 13.3. The predicted molar refractivity (Wildman–Crippen MR) is 163 cm³/mol. The van der Waals surface area contributed by atoms with E-state index >= 15 is 0 Å². The predicted octanol–water partition coefficient (Wildman–Crippen LogP) is 9.06. The Kier molecular flexibility index (Phi) is 9.00. The molecule has 0 saturated heterocycles. The molecule has 0 spiro atoms. The number of fused-ring (bicyclic) bond motifs is 1. The SMILES string of the molecule is O=C(NCc1ccccc1)c1c(N=Cc2cc(Br)c(OCc3ccccc3Cl)c(Br)c2)sc2c1CCCC2. The number of benzene rings is 3. The van der Waals surface area contributed by atoms with Crippen LogP contribution in [0.5, 0.6) is 5.75 Å². The highest BCUT2D eigenvalue weighted by molar-refractivity contribution is 9.11. The molecule has 5 rings (SSSR count). The van der Waals surface area contributed by atoms with E-state index in [4.69, 9.17) is 21.3 Å². The summed E-state index contributed by atoms with van der Waals surface area (Å²) in [6, 6.07) is 21.5. The Morgan fingerprint density at radius 3 is 2.50 bits per heavy atom. The molecule has 1 aliphatic rings. The lowest BCUT2D eigenvalue weighted by Gasteiger charge is -2.13. The molecule has 8 heteroatoms. The molecule has 0 atom stereocenters. The normalized spacial score (nSPS) is 12.9. The Balaban J connectivity index is 1.36. The first kappa shape index (κ1) is 27.1. The number of hydrogen-bond acceptors (Lipinski definition) is 4. The van der Waals surface area contributed by atoms with Crippen LogP contribution in [0.3, 0.4) is 0 Å². The van der Waals surface area contributed by atoms with Gasteiger partial charge in [-0.25, -0.2) is 4.99 Å². The number of aryl methyl sites for hydroxylation is 1. The van der Waals surface area contributed by atoms with Crippen LogP contribution in [0.25, 0.3) is 0 Å². The minimum absolute atomic E-state index is 0.0638. The third-order valence-electron chi connectivity index (χ3n) is 6.36. The van der Waals surface area contributed by atoms with Gasteiger partial charge in [0.1, 0.15) is 17.4 Å². The monoisotopic (exact) mass is 670 g/mol. The Hall–Kier alpha value is -2.45. The second kappa shape index (κ2) is 12.6. The fourth-order valence-corrected chi connectivity index (χ4v) is 7.31. The molecule has 0 saturated carbocycles. The van der Waals surface area contributed by atoms with Crippen LogP contribution in [0, 0.1) is 0 Å². The van der Waals surface area contributed by atoms with Gasteiger partial charge >= 0.3 is 0 Å². The summed E-state index contributed by atoms with van der Waals surface area (Å²) in [4.78, 5) is 19.4. The second-order valence-electron chi connectivity index (χ2n) is 9.01. The summed E-state index contributed by atoms with van der Waals surface area (Å²) in [5.74, 6) is 0.626. The van der Waals surface area contributed by atoms with Gasteiger partial charge in [0.15, 0.2) is 0 Å². The van der Waals surface area contributed by atoms with Crippen molar-refractivity contribution in [1.82, 2.24) is 5.32 Å². The van der Waals surface area contributed by atoms with Crippen LogP contribution in [0.2, 0.25) is 5.02 Å². The number of carbonyl (C=O) groups is 1. The van der Waals surface area contributed by atoms with Crippen LogP contribution in [-0.4, -0.2) is 12.1 Å². The van der Waals surface area contributed by atoms with Crippen LogP contribution in [0.1, 0.15) is 50.3 Å². The lowest BCUT2D eigenvalue weighted by molar-refractivity contribution is 0.0951. The van der Waals surface area contributed by atoms with E-state index in [1.165, 1.54) is 4.88 Å². The number of amides is 1. The number of nitrogens with zero attached hydrogens (tertiary/aromatic N) is 1. The molecule has 1 amide bonds. The average molecular weight is 673 g/mol. The van der Waals surface area contributed by atoms with Crippen molar-refractivity contribution in [3.05, 3.63) is 113 Å². The van der Waals surface area contributed by atoms with Gasteiger partial charge in [0, 0.05) is 28.2 Å². The molecule has 1 aromatic heterocycles. The molecule has 194 valence electrons. The fourth-order valence-electron chi connectivity index (χ4n) is 4.43. The third kappa shape index (κ3) is 6.40. The smallest absolute Gasteiger partial charge is 0.254 e. The van der Waals surface area contributed by atoms with Gasteiger partial charge in [-0.15, -0.1) is 11.3 Å². The number of carbonyl (C=O) groups excluding carboxylic acids is 1. The molecule has 0 bridgehead atoms. The highest BCUT2D eigenvalue weighted by Gasteiger charge is 2.25. The zero-order valence-electron chi connectivity index (χ0n) is 20.5. The third-order valence-corrected chi connectivity index (χ3v) is 9.10. The maximum Gasteiger partial charge on any atom is 0.254 e. The number of hydrogen-bond donors (Lipinski definition) is 1. The number of halogens is 3. The van der Waals surface area contributed by atoms with Crippen molar-refractivity contribution in [3.63, 3.8) is 0 Å².